The second kappa shape index (κ2) is 4.41. The van der Waals surface area contributed by atoms with Crippen molar-refractivity contribution in [3.8, 4) is 17.1 Å². The van der Waals surface area contributed by atoms with Gasteiger partial charge in [0.15, 0.2) is 11.5 Å². The van der Waals surface area contributed by atoms with Crippen LogP contribution in [0.4, 0.5) is 4.39 Å². The zero-order chi connectivity index (χ0) is 12.4. The van der Waals surface area contributed by atoms with E-state index in [2.05, 4.69) is 0 Å². The Labute approximate surface area is 97.8 Å². The molecule has 0 aliphatic carbocycles. The summed E-state index contributed by atoms with van der Waals surface area (Å²) in [6.45, 7) is 1.41. The van der Waals surface area contributed by atoms with Gasteiger partial charge >= 0.3 is 0 Å². The molecule has 0 radical (unpaired) electrons. The second-order valence-electron chi connectivity index (χ2n) is 3.56. The molecule has 4 heteroatoms. The lowest BCUT2D eigenvalue weighted by molar-refractivity contribution is 0.0988. The highest BCUT2D eigenvalue weighted by molar-refractivity contribution is 5.92. The number of carbonyl (C=O) groups excluding carboxylic acids is 1. The van der Waals surface area contributed by atoms with Gasteiger partial charge in [-0.1, -0.05) is 0 Å². The van der Waals surface area contributed by atoms with Gasteiger partial charge in [0.1, 0.15) is 17.3 Å². The van der Waals surface area contributed by atoms with Crippen molar-refractivity contribution in [3.63, 3.8) is 0 Å². The molecule has 0 fully saturated rings. The first kappa shape index (κ1) is 11.4. The Morgan fingerprint density at radius 3 is 2.65 bits per heavy atom. The zero-order valence-corrected chi connectivity index (χ0v) is 9.49. The minimum atomic E-state index is -0.387. The van der Waals surface area contributed by atoms with E-state index in [0.717, 1.165) is 0 Å². The molecule has 1 heterocycles. The molecule has 0 saturated carbocycles. The Morgan fingerprint density at radius 2 is 2.06 bits per heavy atom. The van der Waals surface area contributed by atoms with Gasteiger partial charge < -0.3 is 9.15 Å². The van der Waals surface area contributed by atoms with Gasteiger partial charge in [0.25, 0.3) is 0 Å². The molecule has 0 N–H and O–H groups in total. The zero-order valence-electron chi connectivity index (χ0n) is 9.49. The van der Waals surface area contributed by atoms with Crippen molar-refractivity contribution in [3.05, 3.63) is 41.9 Å². The number of methoxy groups -OCH3 is 1. The van der Waals surface area contributed by atoms with Crippen molar-refractivity contribution in [2.45, 2.75) is 6.92 Å². The van der Waals surface area contributed by atoms with E-state index >= 15 is 0 Å². The summed E-state index contributed by atoms with van der Waals surface area (Å²) >= 11 is 0. The lowest BCUT2D eigenvalue weighted by Gasteiger charge is -2.05. The molecule has 1 aromatic carbocycles. The minimum absolute atomic E-state index is 0.174. The number of hydrogen-bond acceptors (Lipinski definition) is 3. The Hall–Kier alpha value is -2.10. The molecule has 2 rings (SSSR count). The molecule has 0 bridgehead atoms. The maximum atomic E-state index is 13.2. The van der Waals surface area contributed by atoms with E-state index in [4.69, 9.17) is 9.15 Å². The summed E-state index contributed by atoms with van der Waals surface area (Å²) < 4.78 is 23.6. The summed E-state index contributed by atoms with van der Waals surface area (Å²) in [5.41, 5.74) is 0.486. The summed E-state index contributed by atoms with van der Waals surface area (Å²) in [6.07, 6.45) is 0. The Balaban J connectivity index is 2.51. The standard InChI is InChI=1S/C13H11FO3/c1-8(15)11-5-6-13(17-11)10-7-9(14)3-4-12(10)16-2/h3-7H,1-2H3. The first-order chi connectivity index (χ1) is 8.11. The summed E-state index contributed by atoms with van der Waals surface area (Å²) in [7, 11) is 1.49. The highest BCUT2D eigenvalue weighted by Gasteiger charge is 2.13. The van der Waals surface area contributed by atoms with E-state index in [-0.39, 0.29) is 17.4 Å². The highest BCUT2D eigenvalue weighted by atomic mass is 19.1. The SMILES string of the molecule is COc1ccc(F)cc1-c1ccc(C(C)=O)o1. The topological polar surface area (TPSA) is 39.4 Å². The van der Waals surface area contributed by atoms with E-state index in [1.807, 2.05) is 0 Å². The molecule has 0 aliphatic heterocycles. The van der Waals surface area contributed by atoms with Crippen LogP contribution in [-0.2, 0) is 0 Å². The minimum Gasteiger partial charge on any atom is -0.496 e. The molecule has 0 saturated heterocycles. The van der Waals surface area contributed by atoms with Crippen LogP contribution in [0.2, 0.25) is 0 Å². The second-order valence-corrected chi connectivity index (χ2v) is 3.56. The predicted octanol–water partition coefficient (Wildman–Crippen LogP) is 3.30. The van der Waals surface area contributed by atoms with Crippen molar-refractivity contribution in [2.24, 2.45) is 0 Å². The Kier molecular flexibility index (Phi) is 2.95. The monoisotopic (exact) mass is 234 g/mol. The van der Waals surface area contributed by atoms with Crippen molar-refractivity contribution in [1.82, 2.24) is 0 Å². The van der Waals surface area contributed by atoms with Gasteiger partial charge in [-0.05, 0) is 30.3 Å². The average molecular weight is 234 g/mol. The Morgan fingerprint density at radius 1 is 1.29 bits per heavy atom. The number of hydrogen-bond donors (Lipinski definition) is 0. The summed E-state index contributed by atoms with van der Waals surface area (Å²) in [5, 5.41) is 0. The fraction of sp³-hybridized carbons (Fsp3) is 0.154. The van der Waals surface area contributed by atoms with E-state index in [0.29, 0.717) is 17.1 Å². The summed E-state index contributed by atoms with van der Waals surface area (Å²) in [5.74, 6) is 0.585. The highest BCUT2D eigenvalue weighted by Crippen LogP contribution is 2.31. The quantitative estimate of drug-likeness (QED) is 0.765. The van der Waals surface area contributed by atoms with E-state index < -0.39 is 0 Å². The number of benzene rings is 1. The van der Waals surface area contributed by atoms with Crippen molar-refractivity contribution in [1.29, 1.82) is 0 Å². The largest absolute Gasteiger partial charge is 0.496 e. The number of rotatable bonds is 3. The van der Waals surface area contributed by atoms with Crippen LogP contribution < -0.4 is 4.74 Å². The van der Waals surface area contributed by atoms with E-state index in [1.54, 1.807) is 12.1 Å². The van der Waals surface area contributed by atoms with Crippen LogP contribution in [-0.4, -0.2) is 12.9 Å². The van der Waals surface area contributed by atoms with Gasteiger partial charge in [-0.15, -0.1) is 0 Å². The molecule has 2 aromatic rings. The first-order valence-corrected chi connectivity index (χ1v) is 5.06. The lowest BCUT2D eigenvalue weighted by atomic mass is 10.1. The van der Waals surface area contributed by atoms with Crippen LogP contribution >= 0.6 is 0 Å². The average Bonchev–Trinajstić information content (AvgIpc) is 2.78. The van der Waals surface area contributed by atoms with Gasteiger partial charge in [-0.25, -0.2) is 4.39 Å². The number of halogens is 1. The summed E-state index contributed by atoms with van der Waals surface area (Å²) in [6, 6.07) is 7.30. The van der Waals surface area contributed by atoms with Crippen molar-refractivity contribution < 1.29 is 18.3 Å². The van der Waals surface area contributed by atoms with Crippen molar-refractivity contribution in [2.75, 3.05) is 7.11 Å². The first-order valence-electron chi connectivity index (χ1n) is 5.06. The third kappa shape index (κ3) is 2.20. The van der Waals surface area contributed by atoms with Gasteiger partial charge in [-0.2, -0.15) is 0 Å². The lowest BCUT2D eigenvalue weighted by Crippen LogP contribution is -1.89. The van der Waals surface area contributed by atoms with Gasteiger partial charge in [0.05, 0.1) is 12.7 Å². The molecule has 0 amide bonds. The molecular formula is C13H11FO3. The molecule has 88 valence electrons. The van der Waals surface area contributed by atoms with Crippen LogP contribution in [0, 0.1) is 5.82 Å². The Bertz CT molecular complexity index is 558. The molecular weight excluding hydrogens is 223 g/mol. The maximum absolute atomic E-state index is 13.2. The number of ketones is 1. The molecule has 0 unspecified atom stereocenters. The third-order valence-electron chi connectivity index (χ3n) is 2.38. The van der Waals surface area contributed by atoms with Gasteiger partial charge in [0, 0.05) is 6.92 Å². The van der Waals surface area contributed by atoms with Crippen LogP contribution in [0.25, 0.3) is 11.3 Å². The van der Waals surface area contributed by atoms with Gasteiger partial charge in [0.2, 0.25) is 0 Å². The number of furan rings is 1. The predicted molar refractivity (Wildman–Crippen MR) is 60.7 cm³/mol. The number of carbonyl (C=O) groups is 1. The van der Waals surface area contributed by atoms with E-state index in [1.165, 1.54) is 32.2 Å². The number of Topliss-reactive ketones (excluding diaryl/α,β-unsaturated/α-hetero) is 1. The number of ether oxygens (including phenoxy) is 1. The fourth-order valence-electron chi connectivity index (χ4n) is 1.54. The molecule has 0 spiro atoms. The van der Waals surface area contributed by atoms with Crippen LogP contribution in [0.15, 0.2) is 34.7 Å². The van der Waals surface area contributed by atoms with Crippen LogP contribution in [0.1, 0.15) is 17.5 Å². The van der Waals surface area contributed by atoms with Crippen LogP contribution in [0.3, 0.4) is 0 Å². The normalized spacial score (nSPS) is 10.3. The van der Waals surface area contributed by atoms with E-state index in [9.17, 15) is 9.18 Å². The fourth-order valence-corrected chi connectivity index (χ4v) is 1.54. The summed E-state index contributed by atoms with van der Waals surface area (Å²) in [4.78, 5) is 11.1. The molecule has 1 aromatic heterocycles. The third-order valence-corrected chi connectivity index (χ3v) is 2.38. The van der Waals surface area contributed by atoms with Crippen LogP contribution in [0.5, 0.6) is 5.75 Å². The molecule has 0 atom stereocenters. The van der Waals surface area contributed by atoms with Crippen molar-refractivity contribution >= 4 is 5.78 Å². The maximum Gasteiger partial charge on any atom is 0.194 e. The molecule has 0 aliphatic rings. The molecule has 3 nitrogen and oxygen atoms in total. The molecule has 17 heavy (non-hydrogen) atoms. The smallest absolute Gasteiger partial charge is 0.194 e. The van der Waals surface area contributed by atoms with Gasteiger partial charge in [-0.3, -0.25) is 4.79 Å².